The summed E-state index contributed by atoms with van der Waals surface area (Å²) in [5, 5.41) is 7.34. The average Bonchev–Trinajstić information content (AvgIpc) is 3.15. The first kappa shape index (κ1) is 20.8. The summed E-state index contributed by atoms with van der Waals surface area (Å²) in [6, 6.07) is 13.2. The molecule has 0 aliphatic carbocycles. The summed E-state index contributed by atoms with van der Waals surface area (Å²) < 4.78 is 6.81. The number of hydrogen-bond acceptors (Lipinski definition) is 4. The largest absolute Gasteiger partial charge is 0.382 e. The van der Waals surface area contributed by atoms with Crippen LogP contribution in [0.1, 0.15) is 36.2 Å². The zero-order valence-corrected chi connectivity index (χ0v) is 17.8. The highest BCUT2D eigenvalue weighted by atomic mass is 16.5. The van der Waals surface area contributed by atoms with Gasteiger partial charge in [0.25, 0.3) is 11.5 Å². The molecule has 0 bridgehead atoms. The molecule has 0 aliphatic rings. The van der Waals surface area contributed by atoms with E-state index >= 15 is 0 Å². The van der Waals surface area contributed by atoms with E-state index in [4.69, 9.17) is 4.74 Å². The van der Waals surface area contributed by atoms with Gasteiger partial charge in [0.15, 0.2) is 0 Å². The second kappa shape index (κ2) is 9.14. The number of carbonyl (C=O) groups excluding carboxylic acids is 1. The van der Waals surface area contributed by atoms with E-state index < -0.39 is 0 Å². The quantitative estimate of drug-likeness (QED) is 0.428. The predicted molar refractivity (Wildman–Crippen MR) is 122 cm³/mol. The van der Waals surface area contributed by atoms with E-state index in [0.29, 0.717) is 36.2 Å². The number of amides is 1. The number of rotatable bonds is 8. The Kier molecular flexibility index (Phi) is 6.13. The molecule has 0 unspecified atom stereocenters. The highest BCUT2D eigenvalue weighted by molar-refractivity contribution is 6.06. The molecule has 7 heteroatoms. The van der Waals surface area contributed by atoms with Crippen molar-refractivity contribution in [1.82, 2.24) is 20.1 Å². The number of fused-ring (bicyclic) bond motifs is 3. The van der Waals surface area contributed by atoms with Gasteiger partial charge in [-0.05, 0) is 55.7 Å². The zero-order chi connectivity index (χ0) is 21.8. The lowest BCUT2D eigenvalue weighted by Crippen LogP contribution is -2.25. The van der Waals surface area contributed by atoms with Crippen LogP contribution in [0, 0.1) is 0 Å². The number of pyridine rings is 1. The van der Waals surface area contributed by atoms with E-state index in [-0.39, 0.29) is 11.5 Å². The van der Waals surface area contributed by atoms with E-state index in [0.717, 1.165) is 29.4 Å². The minimum Gasteiger partial charge on any atom is -0.382 e. The maximum Gasteiger partial charge on any atom is 0.280 e. The maximum absolute atomic E-state index is 13.0. The minimum atomic E-state index is -0.167. The maximum atomic E-state index is 13.0. The van der Waals surface area contributed by atoms with Gasteiger partial charge >= 0.3 is 0 Å². The molecule has 0 atom stereocenters. The molecule has 4 rings (SSSR count). The Morgan fingerprint density at radius 2 is 1.94 bits per heavy atom. The molecule has 4 aromatic rings. The Hall–Kier alpha value is -3.45. The number of nitrogens with zero attached hydrogens (tertiary/aromatic N) is 2. The summed E-state index contributed by atoms with van der Waals surface area (Å²) in [5.41, 5.74) is 3.71. The van der Waals surface area contributed by atoms with Crippen molar-refractivity contribution in [2.45, 2.75) is 26.7 Å². The minimum absolute atomic E-state index is 0.160. The average molecular weight is 418 g/mol. The number of aromatic nitrogens is 3. The van der Waals surface area contributed by atoms with Crippen molar-refractivity contribution >= 4 is 27.7 Å². The van der Waals surface area contributed by atoms with Crippen molar-refractivity contribution in [3.8, 4) is 5.69 Å². The normalized spacial score (nSPS) is 11.3. The molecule has 0 saturated carbocycles. The lowest BCUT2D eigenvalue weighted by molar-refractivity contribution is 0.0944. The Morgan fingerprint density at radius 3 is 2.68 bits per heavy atom. The lowest BCUT2D eigenvalue weighted by atomic mass is 10.1. The smallest absolute Gasteiger partial charge is 0.280 e. The third kappa shape index (κ3) is 4.22. The molecule has 0 radical (unpaired) electrons. The van der Waals surface area contributed by atoms with Crippen LogP contribution in [0.15, 0.2) is 53.5 Å². The number of aromatic amines is 1. The van der Waals surface area contributed by atoms with Crippen molar-refractivity contribution in [2.75, 3.05) is 19.8 Å². The fourth-order valence-electron chi connectivity index (χ4n) is 3.58. The van der Waals surface area contributed by atoms with E-state index in [1.54, 1.807) is 24.4 Å². The van der Waals surface area contributed by atoms with Crippen molar-refractivity contribution in [1.29, 1.82) is 0 Å². The van der Waals surface area contributed by atoms with Gasteiger partial charge in [0.1, 0.15) is 0 Å². The number of H-pyrrole nitrogens is 1. The molecular formula is C24H26N4O3. The summed E-state index contributed by atoms with van der Waals surface area (Å²) in [7, 11) is 0. The number of aryl methyl sites for hydroxylation is 1. The first-order valence-electron chi connectivity index (χ1n) is 10.6. The molecule has 0 fully saturated rings. The number of benzene rings is 2. The fraction of sp³-hybridized carbons (Fsp3) is 0.292. The van der Waals surface area contributed by atoms with Gasteiger partial charge in [-0.3, -0.25) is 19.7 Å². The van der Waals surface area contributed by atoms with Crippen LogP contribution >= 0.6 is 0 Å². The number of nitrogens with one attached hydrogen (secondary N) is 2. The van der Waals surface area contributed by atoms with Crippen molar-refractivity contribution < 1.29 is 9.53 Å². The van der Waals surface area contributed by atoms with Gasteiger partial charge in [-0.15, -0.1) is 0 Å². The second-order valence-electron chi connectivity index (χ2n) is 7.36. The van der Waals surface area contributed by atoms with Crippen LogP contribution in [0.2, 0.25) is 0 Å². The zero-order valence-electron chi connectivity index (χ0n) is 17.8. The topological polar surface area (TPSA) is 89.0 Å². The van der Waals surface area contributed by atoms with Gasteiger partial charge in [0, 0.05) is 36.9 Å². The SMILES string of the molecule is CCOCCCNC(=O)c1ccc2ncc3c(=O)n(-c4ccc(CC)cc4)[nH]c3c2c1. The third-order valence-electron chi connectivity index (χ3n) is 5.35. The lowest BCUT2D eigenvalue weighted by Gasteiger charge is -2.07. The van der Waals surface area contributed by atoms with Gasteiger partial charge in [-0.1, -0.05) is 19.1 Å². The van der Waals surface area contributed by atoms with E-state index in [1.165, 1.54) is 10.2 Å². The van der Waals surface area contributed by atoms with Gasteiger partial charge in [0.2, 0.25) is 0 Å². The van der Waals surface area contributed by atoms with Crippen LogP contribution in [0.5, 0.6) is 0 Å². The van der Waals surface area contributed by atoms with Gasteiger partial charge in [-0.2, -0.15) is 0 Å². The number of ether oxygens (including phenoxy) is 1. The highest BCUT2D eigenvalue weighted by Gasteiger charge is 2.14. The molecule has 2 N–H and O–H groups in total. The summed E-state index contributed by atoms with van der Waals surface area (Å²) in [4.78, 5) is 30.0. The first-order chi connectivity index (χ1) is 15.1. The van der Waals surface area contributed by atoms with Crippen LogP contribution in [-0.2, 0) is 11.2 Å². The van der Waals surface area contributed by atoms with E-state index in [2.05, 4.69) is 22.3 Å². The van der Waals surface area contributed by atoms with Crippen molar-refractivity contribution in [3.63, 3.8) is 0 Å². The van der Waals surface area contributed by atoms with E-state index in [9.17, 15) is 9.59 Å². The highest BCUT2D eigenvalue weighted by Crippen LogP contribution is 2.22. The summed E-state index contributed by atoms with van der Waals surface area (Å²) >= 11 is 0. The number of carbonyl (C=O) groups is 1. The van der Waals surface area contributed by atoms with Crippen LogP contribution in [-0.4, -0.2) is 40.4 Å². The van der Waals surface area contributed by atoms with Gasteiger partial charge in [0.05, 0.1) is 22.1 Å². The molecule has 0 saturated heterocycles. The molecule has 2 heterocycles. The Bertz CT molecular complexity index is 1270. The monoisotopic (exact) mass is 418 g/mol. The molecule has 1 amide bonds. The molecule has 31 heavy (non-hydrogen) atoms. The summed E-state index contributed by atoms with van der Waals surface area (Å²) in [6.07, 6.45) is 3.28. The Balaban J connectivity index is 1.68. The number of hydrogen-bond donors (Lipinski definition) is 2. The van der Waals surface area contributed by atoms with Gasteiger partial charge in [-0.25, -0.2) is 4.68 Å². The molecule has 0 aliphatic heterocycles. The molecule has 2 aromatic heterocycles. The molecular weight excluding hydrogens is 392 g/mol. The molecule has 2 aromatic carbocycles. The van der Waals surface area contributed by atoms with Gasteiger partial charge < -0.3 is 10.1 Å². The first-order valence-corrected chi connectivity index (χ1v) is 10.6. The van der Waals surface area contributed by atoms with Crippen LogP contribution < -0.4 is 10.9 Å². The van der Waals surface area contributed by atoms with Crippen LogP contribution in [0.25, 0.3) is 27.5 Å². The molecule has 7 nitrogen and oxygen atoms in total. The summed E-state index contributed by atoms with van der Waals surface area (Å²) in [6.45, 7) is 5.87. The van der Waals surface area contributed by atoms with E-state index in [1.807, 2.05) is 31.2 Å². The van der Waals surface area contributed by atoms with Crippen molar-refractivity contribution in [2.24, 2.45) is 0 Å². The predicted octanol–water partition coefficient (Wildman–Crippen LogP) is 3.59. The molecule has 0 spiro atoms. The standard InChI is InChI=1S/C24H26N4O3/c1-3-16-6-9-18(10-7-16)28-24(30)20-15-26-21-11-8-17(14-19(21)22(20)27-28)23(29)25-12-5-13-31-4-2/h6-11,14-15,27H,3-5,12-13H2,1-2H3,(H,25,29). The van der Waals surface area contributed by atoms with Crippen LogP contribution in [0.3, 0.4) is 0 Å². The second-order valence-corrected chi connectivity index (χ2v) is 7.36. The molecule has 160 valence electrons. The Morgan fingerprint density at radius 1 is 1.13 bits per heavy atom. The fourth-order valence-corrected chi connectivity index (χ4v) is 3.58. The Labute approximate surface area is 180 Å². The van der Waals surface area contributed by atoms with Crippen molar-refractivity contribution in [3.05, 3.63) is 70.1 Å². The summed E-state index contributed by atoms with van der Waals surface area (Å²) in [5.74, 6) is -0.160. The van der Waals surface area contributed by atoms with Crippen LogP contribution in [0.4, 0.5) is 0 Å². The third-order valence-corrected chi connectivity index (χ3v) is 5.35.